The van der Waals surface area contributed by atoms with Crippen LogP contribution in [-0.2, 0) is 4.74 Å². The number of carboxylic acids is 1. The Labute approximate surface area is 88.7 Å². The van der Waals surface area contributed by atoms with E-state index in [4.69, 9.17) is 15.6 Å². The summed E-state index contributed by atoms with van der Waals surface area (Å²) in [6.07, 6.45) is 2.56. The lowest BCUT2D eigenvalue weighted by molar-refractivity contribution is 0.0697. The van der Waals surface area contributed by atoms with Gasteiger partial charge in [0, 0.05) is 18.9 Å². The van der Waals surface area contributed by atoms with Gasteiger partial charge in [0.15, 0.2) is 0 Å². The minimum absolute atomic E-state index is 0.259. The van der Waals surface area contributed by atoms with Crippen LogP contribution in [0.1, 0.15) is 23.2 Å². The second-order valence-corrected chi connectivity index (χ2v) is 3.25. The maximum Gasteiger partial charge on any atom is 0.335 e. The summed E-state index contributed by atoms with van der Waals surface area (Å²) in [5.74, 6) is -0.931. The number of benzene rings is 1. The molecule has 4 nitrogen and oxygen atoms in total. The van der Waals surface area contributed by atoms with E-state index in [0.29, 0.717) is 5.69 Å². The molecule has 3 N–H and O–H groups in total. The molecule has 0 radical (unpaired) electrons. The Morgan fingerprint density at radius 3 is 2.07 bits per heavy atom. The number of aromatic carboxylic acids is 1. The van der Waals surface area contributed by atoms with Crippen molar-refractivity contribution in [2.75, 3.05) is 18.9 Å². The van der Waals surface area contributed by atoms with Crippen LogP contribution >= 0.6 is 0 Å². The number of carbonyl (C=O) groups is 1. The number of hydrogen-bond donors (Lipinski definition) is 2. The molecule has 1 fully saturated rings. The zero-order valence-electron chi connectivity index (χ0n) is 8.48. The highest BCUT2D eigenvalue weighted by atomic mass is 16.5. The smallest absolute Gasteiger partial charge is 0.335 e. The van der Waals surface area contributed by atoms with Crippen molar-refractivity contribution in [3.05, 3.63) is 29.8 Å². The number of carboxylic acid groups (broad SMARTS) is 1. The van der Waals surface area contributed by atoms with Gasteiger partial charge in [-0.3, -0.25) is 0 Å². The lowest BCUT2D eigenvalue weighted by Crippen LogP contribution is -1.95. The van der Waals surface area contributed by atoms with Crippen molar-refractivity contribution in [2.24, 2.45) is 0 Å². The van der Waals surface area contributed by atoms with Crippen molar-refractivity contribution in [2.45, 2.75) is 12.8 Å². The molecule has 0 atom stereocenters. The topological polar surface area (TPSA) is 72.5 Å². The number of nitrogen functional groups attached to an aromatic ring is 1. The van der Waals surface area contributed by atoms with E-state index in [9.17, 15) is 4.79 Å². The molecule has 1 saturated heterocycles. The van der Waals surface area contributed by atoms with Gasteiger partial charge in [-0.25, -0.2) is 4.79 Å². The Bertz CT molecular complexity index is 297. The summed E-state index contributed by atoms with van der Waals surface area (Å²) in [7, 11) is 0. The summed E-state index contributed by atoms with van der Waals surface area (Å²) in [5, 5.41) is 8.43. The van der Waals surface area contributed by atoms with E-state index in [1.165, 1.54) is 25.0 Å². The monoisotopic (exact) mass is 209 g/mol. The fourth-order valence-corrected chi connectivity index (χ4v) is 1.14. The molecule has 4 heteroatoms. The summed E-state index contributed by atoms with van der Waals surface area (Å²) >= 11 is 0. The Morgan fingerprint density at radius 2 is 1.73 bits per heavy atom. The fourth-order valence-electron chi connectivity index (χ4n) is 1.14. The van der Waals surface area contributed by atoms with Gasteiger partial charge in [0.2, 0.25) is 0 Å². The molecule has 1 aliphatic heterocycles. The highest BCUT2D eigenvalue weighted by molar-refractivity contribution is 5.87. The number of ether oxygens (including phenoxy) is 1. The normalized spacial score (nSPS) is 14.1. The molecule has 0 unspecified atom stereocenters. The van der Waals surface area contributed by atoms with E-state index in [0.717, 1.165) is 13.2 Å². The van der Waals surface area contributed by atoms with Gasteiger partial charge in [-0.1, -0.05) is 0 Å². The molecule has 82 valence electrons. The van der Waals surface area contributed by atoms with Gasteiger partial charge < -0.3 is 15.6 Å². The summed E-state index contributed by atoms with van der Waals surface area (Å²) in [4.78, 5) is 10.3. The van der Waals surface area contributed by atoms with Gasteiger partial charge in [0.25, 0.3) is 0 Å². The van der Waals surface area contributed by atoms with Crippen LogP contribution in [0.3, 0.4) is 0 Å². The molecule has 0 bridgehead atoms. The van der Waals surface area contributed by atoms with Crippen molar-refractivity contribution in [1.82, 2.24) is 0 Å². The predicted octanol–water partition coefficient (Wildman–Crippen LogP) is 1.76. The average molecular weight is 209 g/mol. The minimum Gasteiger partial charge on any atom is -0.478 e. The standard InChI is InChI=1S/C7H7NO2.C4H8O/c8-6-3-1-5(2-4-6)7(9)10;1-2-4-5-3-1/h1-4H,8H2,(H,9,10);1-4H2. The van der Waals surface area contributed by atoms with Crippen molar-refractivity contribution in [3.8, 4) is 0 Å². The Morgan fingerprint density at radius 1 is 1.20 bits per heavy atom. The van der Waals surface area contributed by atoms with Gasteiger partial charge in [-0.05, 0) is 37.1 Å². The molecule has 0 saturated carbocycles. The molecule has 0 aromatic heterocycles. The van der Waals surface area contributed by atoms with E-state index in [1.807, 2.05) is 0 Å². The largest absolute Gasteiger partial charge is 0.478 e. The van der Waals surface area contributed by atoms with E-state index in [-0.39, 0.29) is 5.56 Å². The first-order chi connectivity index (χ1) is 7.20. The van der Waals surface area contributed by atoms with E-state index in [1.54, 1.807) is 12.1 Å². The quantitative estimate of drug-likeness (QED) is 0.691. The van der Waals surface area contributed by atoms with Crippen molar-refractivity contribution >= 4 is 11.7 Å². The summed E-state index contributed by atoms with van der Waals surface area (Å²) in [6.45, 7) is 2.00. The molecular formula is C11H15NO3. The average Bonchev–Trinajstić information content (AvgIpc) is 2.76. The molecule has 0 spiro atoms. The maximum absolute atomic E-state index is 10.3. The number of nitrogens with two attached hydrogens (primary N) is 1. The van der Waals surface area contributed by atoms with Gasteiger partial charge in [0.1, 0.15) is 0 Å². The van der Waals surface area contributed by atoms with Crippen molar-refractivity contribution in [3.63, 3.8) is 0 Å². The molecule has 1 aromatic rings. The SMILES string of the molecule is C1CCOC1.Nc1ccc(C(=O)O)cc1. The van der Waals surface area contributed by atoms with Crippen LogP contribution in [0, 0.1) is 0 Å². The lowest BCUT2D eigenvalue weighted by Gasteiger charge is -1.93. The second kappa shape index (κ2) is 6.03. The third kappa shape index (κ3) is 4.46. The third-order valence-corrected chi connectivity index (χ3v) is 1.98. The van der Waals surface area contributed by atoms with Crippen LogP contribution in [0.5, 0.6) is 0 Å². The molecule has 1 aliphatic rings. The third-order valence-electron chi connectivity index (χ3n) is 1.98. The Balaban J connectivity index is 0.000000187. The highest BCUT2D eigenvalue weighted by Gasteiger charge is 1.98. The number of hydrogen-bond acceptors (Lipinski definition) is 3. The van der Waals surface area contributed by atoms with Gasteiger partial charge in [0.05, 0.1) is 5.56 Å². The molecule has 1 aromatic carbocycles. The summed E-state index contributed by atoms with van der Waals surface area (Å²) in [5.41, 5.74) is 6.17. The highest BCUT2D eigenvalue weighted by Crippen LogP contribution is 2.04. The Kier molecular flexibility index (Phi) is 4.63. The first-order valence-electron chi connectivity index (χ1n) is 4.87. The molecule has 15 heavy (non-hydrogen) atoms. The van der Waals surface area contributed by atoms with Gasteiger partial charge in [-0.15, -0.1) is 0 Å². The first kappa shape index (κ1) is 11.5. The Hall–Kier alpha value is -1.55. The summed E-state index contributed by atoms with van der Waals surface area (Å²) < 4.78 is 4.94. The van der Waals surface area contributed by atoms with Gasteiger partial charge >= 0.3 is 5.97 Å². The van der Waals surface area contributed by atoms with Crippen LogP contribution in [0.4, 0.5) is 5.69 Å². The van der Waals surface area contributed by atoms with Crippen LogP contribution in [0.15, 0.2) is 24.3 Å². The number of rotatable bonds is 1. The fraction of sp³-hybridized carbons (Fsp3) is 0.364. The molecule has 0 aliphatic carbocycles. The second-order valence-electron chi connectivity index (χ2n) is 3.25. The van der Waals surface area contributed by atoms with Crippen LogP contribution in [0.25, 0.3) is 0 Å². The lowest BCUT2D eigenvalue weighted by atomic mass is 10.2. The molecular weight excluding hydrogens is 194 g/mol. The maximum atomic E-state index is 10.3. The predicted molar refractivity (Wildman–Crippen MR) is 57.9 cm³/mol. The van der Waals surface area contributed by atoms with Crippen molar-refractivity contribution in [1.29, 1.82) is 0 Å². The molecule has 1 heterocycles. The number of anilines is 1. The van der Waals surface area contributed by atoms with Crippen molar-refractivity contribution < 1.29 is 14.6 Å². The molecule has 2 rings (SSSR count). The van der Waals surface area contributed by atoms with Crippen LogP contribution < -0.4 is 5.73 Å². The van der Waals surface area contributed by atoms with E-state index < -0.39 is 5.97 Å². The van der Waals surface area contributed by atoms with Crippen LogP contribution in [-0.4, -0.2) is 24.3 Å². The van der Waals surface area contributed by atoms with E-state index in [2.05, 4.69) is 0 Å². The van der Waals surface area contributed by atoms with Gasteiger partial charge in [-0.2, -0.15) is 0 Å². The zero-order valence-corrected chi connectivity index (χ0v) is 8.48. The summed E-state index contributed by atoms with van der Waals surface area (Å²) in [6, 6.07) is 6.06. The first-order valence-corrected chi connectivity index (χ1v) is 4.87. The minimum atomic E-state index is -0.931. The van der Waals surface area contributed by atoms with E-state index >= 15 is 0 Å². The molecule has 0 amide bonds. The van der Waals surface area contributed by atoms with Crippen LogP contribution in [0.2, 0.25) is 0 Å². The zero-order chi connectivity index (χ0) is 11.1.